The van der Waals surface area contributed by atoms with Gasteiger partial charge in [0.05, 0.1) is 19.0 Å². The monoisotopic (exact) mass is 466 g/mol. The van der Waals surface area contributed by atoms with E-state index in [4.69, 9.17) is 4.74 Å². The van der Waals surface area contributed by atoms with E-state index in [-0.39, 0.29) is 0 Å². The first-order valence-electron chi connectivity index (χ1n) is 14.2. The Hall–Kier alpha value is -1.90. The van der Waals surface area contributed by atoms with Crippen molar-refractivity contribution in [2.45, 2.75) is 124 Å². The quantitative estimate of drug-likeness (QED) is 0.182. The molecule has 0 N–H and O–H groups in total. The normalized spacial score (nSPS) is 11.3. The molecule has 0 spiro atoms. The molecule has 0 aliphatic rings. The van der Waals surface area contributed by atoms with Crippen molar-refractivity contribution in [3.05, 3.63) is 42.2 Å². The molecular formula is C31H50N2O. The first-order valence-corrected chi connectivity index (χ1v) is 14.2. The van der Waals surface area contributed by atoms with Gasteiger partial charge in [0.2, 0.25) is 0 Å². The van der Waals surface area contributed by atoms with Crippen LogP contribution in [0.4, 0.5) is 0 Å². The first kappa shape index (κ1) is 28.3. The summed E-state index contributed by atoms with van der Waals surface area (Å²) in [7, 11) is 0. The van der Waals surface area contributed by atoms with Gasteiger partial charge in [0.25, 0.3) is 0 Å². The molecule has 2 aromatic rings. The molecule has 0 amide bonds. The van der Waals surface area contributed by atoms with Gasteiger partial charge < -0.3 is 4.74 Å². The van der Waals surface area contributed by atoms with Gasteiger partial charge in [-0.3, -0.25) is 0 Å². The number of ether oxygens (including phenoxy) is 1. The SMILES string of the molecule is CCCCCCCCCCCOc1cnc(-c2ccc(CCCCCCCC(C)C)cc2)nc1. The molecule has 1 aromatic carbocycles. The maximum atomic E-state index is 5.84. The van der Waals surface area contributed by atoms with Crippen LogP contribution in [0.1, 0.15) is 123 Å². The van der Waals surface area contributed by atoms with E-state index in [1.165, 1.54) is 95.5 Å². The van der Waals surface area contributed by atoms with Gasteiger partial charge in [-0.25, -0.2) is 9.97 Å². The van der Waals surface area contributed by atoms with Crippen molar-refractivity contribution in [1.82, 2.24) is 9.97 Å². The second-order valence-corrected chi connectivity index (χ2v) is 10.3. The lowest BCUT2D eigenvalue weighted by atomic mass is 10.0. The Morgan fingerprint density at radius 2 is 1.24 bits per heavy atom. The van der Waals surface area contributed by atoms with E-state index in [0.29, 0.717) is 0 Å². The van der Waals surface area contributed by atoms with Gasteiger partial charge in [-0.1, -0.05) is 129 Å². The fourth-order valence-electron chi connectivity index (χ4n) is 4.38. The Labute approximate surface area is 210 Å². The lowest BCUT2D eigenvalue weighted by Crippen LogP contribution is -1.99. The van der Waals surface area contributed by atoms with Crippen molar-refractivity contribution >= 4 is 0 Å². The van der Waals surface area contributed by atoms with Crippen molar-refractivity contribution in [3.8, 4) is 17.1 Å². The summed E-state index contributed by atoms with van der Waals surface area (Å²) in [5.74, 6) is 2.39. The van der Waals surface area contributed by atoms with Crippen LogP contribution in [0, 0.1) is 5.92 Å². The Balaban J connectivity index is 1.57. The lowest BCUT2D eigenvalue weighted by Gasteiger charge is -2.07. The molecule has 190 valence electrons. The number of unbranched alkanes of at least 4 members (excludes halogenated alkanes) is 12. The van der Waals surface area contributed by atoms with E-state index in [0.717, 1.165) is 42.5 Å². The number of benzene rings is 1. The fraction of sp³-hybridized carbons (Fsp3) is 0.677. The number of hydrogen-bond donors (Lipinski definition) is 0. The van der Waals surface area contributed by atoms with E-state index in [1.54, 1.807) is 0 Å². The highest BCUT2D eigenvalue weighted by molar-refractivity contribution is 5.55. The van der Waals surface area contributed by atoms with Gasteiger partial charge in [-0.05, 0) is 30.7 Å². The van der Waals surface area contributed by atoms with E-state index in [2.05, 4.69) is 55.0 Å². The number of aromatic nitrogens is 2. The standard InChI is InChI=1S/C31H50N2O/c1-4-5-6-7-8-9-10-14-17-24-34-30-25-32-31(33-26-30)29-22-20-28(21-23-29)19-16-13-11-12-15-18-27(2)3/h20-23,25-27H,4-19,24H2,1-3H3. The van der Waals surface area contributed by atoms with Crippen LogP contribution in [0.3, 0.4) is 0 Å². The first-order chi connectivity index (χ1) is 16.7. The van der Waals surface area contributed by atoms with E-state index in [1.807, 2.05) is 12.4 Å². The molecular weight excluding hydrogens is 416 g/mol. The second kappa shape index (κ2) is 18.4. The van der Waals surface area contributed by atoms with Crippen LogP contribution in [0.25, 0.3) is 11.4 Å². The third kappa shape index (κ3) is 13.1. The summed E-state index contributed by atoms with van der Waals surface area (Å²) in [5, 5.41) is 0. The predicted octanol–water partition coefficient (Wildman–Crippen LogP) is 9.59. The van der Waals surface area contributed by atoms with Crippen molar-refractivity contribution in [2.75, 3.05) is 6.61 Å². The zero-order chi connectivity index (χ0) is 24.3. The van der Waals surface area contributed by atoms with E-state index < -0.39 is 0 Å². The number of hydrogen-bond acceptors (Lipinski definition) is 3. The van der Waals surface area contributed by atoms with Crippen molar-refractivity contribution in [1.29, 1.82) is 0 Å². The van der Waals surface area contributed by atoms with Gasteiger partial charge in [0.15, 0.2) is 11.6 Å². The molecule has 0 atom stereocenters. The molecule has 0 aliphatic heterocycles. The fourth-order valence-corrected chi connectivity index (χ4v) is 4.38. The predicted molar refractivity (Wildman–Crippen MR) is 146 cm³/mol. The molecule has 34 heavy (non-hydrogen) atoms. The molecule has 0 fully saturated rings. The van der Waals surface area contributed by atoms with Crippen LogP contribution >= 0.6 is 0 Å². The van der Waals surface area contributed by atoms with E-state index in [9.17, 15) is 0 Å². The van der Waals surface area contributed by atoms with Crippen molar-refractivity contribution < 1.29 is 4.74 Å². The van der Waals surface area contributed by atoms with Crippen LogP contribution in [0.2, 0.25) is 0 Å². The summed E-state index contributed by atoms with van der Waals surface area (Å²) in [6, 6.07) is 8.75. The highest BCUT2D eigenvalue weighted by Crippen LogP contribution is 2.19. The average Bonchev–Trinajstić information content (AvgIpc) is 2.85. The third-order valence-corrected chi connectivity index (χ3v) is 6.60. The highest BCUT2D eigenvalue weighted by atomic mass is 16.5. The molecule has 3 heteroatoms. The maximum Gasteiger partial charge on any atom is 0.159 e. The molecule has 1 heterocycles. The lowest BCUT2D eigenvalue weighted by molar-refractivity contribution is 0.302. The smallest absolute Gasteiger partial charge is 0.159 e. The molecule has 0 radical (unpaired) electrons. The molecule has 0 aliphatic carbocycles. The second-order valence-electron chi connectivity index (χ2n) is 10.3. The zero-order valence-electron chi connectivity index (χ0n) is 22.4. The van der Waals surface area contributed by atoms with Crippen molar-refractivity contribution in [2.24, 2.45) is 5.92 Å². The largest absolute Gasteiger partial charge is 0.490 e. The van der Waals surface area contributed by atoms with Crippen LogP contribution in [-0.2, 0) is 6.42 Å². The molecule has 3 nitrogen and oxygen atoms in total. The molecule has 0 bridgehead atoms. The Morgan fingerprint density at radius 3 is 1.85 bits per heavy atom. The van der Waals surface area contributed by atoms with Gasteiger partial charge in [-0.2, -0.15) is 0 Å². The topological polar surface area (TPSA) is 35.0 Å². The number of nitrogens with zero attached hydrogens (tertiary/aromatic N) is 2. The van der Waals surface area contributed by atoms with E-state index >= 15 is 0 Å². The molecule has 0 saturated heterocycles. The minimum absolute atomic E-state index is 0.755. The highest BCUT2D eigenvalue weighted by Gasteiger charge is 2.03. The summed E-state index contributed by atoms with van der Waals surface area (Å²) >= 11 is 0. The Morgan fingerprint density at radius 1 is 0.676 bits per heavy atom. The van der Waals surface area contributed by atoms with Gasteiger partial charge in [-0.15, -0.1) is 0 Å². The summed E-state index contributed by atoms with van der Waals surface area (Å²) < 4.78 is 5.84. The van der Waals surface area contributed by atoms with Crippen LogP contribution in [0.5, 0.6) is 5.75 Å². The van der Waals surface area contributed by atoms with Crippen LogP contribution < -0.4 is 4.74 Å². The molecule has 1 aromatic heterocycles. The summed E-state index contributed by atoms with van der Waals surface area (Å²) in [6.45, 7) is 7.66. The molecule has 0 unspecified atom stereocenters. The number of aryl methyl sites for hydroxylation is 1. The Bertz CT molecular complexity index is 724. The minimum Gasteiger partial charge on any atom is -0.490 e. The van der Waals surface area contributed by atoms with Crippen LogP contribution in [0.15, 0.2) is 36.7 Å². The maximum absolute atomic E-state index is 5.84. The van der Waals surface area contributed by atoms with Gasteiger partial charge in [0.1, 0.15) is 0 Å². The Kier molecular flexibility index (Phi) is 15.4. The zero-order valence-corrected chi connectivity index (χ0v) is 22.4. The van der Waals surface area contributed by atoms with Crippen LogP contribution in [-0.4, -0.2) is 16.6 Å². The molecule has 2 rings (SSSR count). The third-order valence-electron chi connectivity index (χ3n) is 6.60. The summed E-state index contributed by atoms with van der Waals surface area (Å²) in [5.41, 5.74) is 2.48. The average molecular weight is 467 g/mol. The minimum atomic E-state index is 0.755. The van der Waals surface area contributed by atoms with Crippen molar-refractivity contribution in [3.63, 3.8) is 0 Å². The summed E-state index contributed by atoms with van der Waals surface area (Å²) in [4.78, 5) is 9.05. The summed E-state index contributed by atoms with van der Waals surface area (Å²) in [6.07, 6.45) is 24.8. The molecule has 0 saturated carbocycles. The van der Waals surface area contributed by atoms with Gasteiger partial charge >= 0.3 is 0 Å². The van der Waals surface area contributed by atoms with Gasteiger partial charge in [0, 0.05) is 5.56 Å². The number of rotatable bonds is 20.